The second kappa shape index (κ2) is 4.42. The molecular weight excluding hydrogens is 222 g/mol. The Balaban J connectivity index is 2.28. The van der Waals surface area contributed by atoms with Gasteiger partial charge in [0.1, 0.15) is 5.75 Å². The molecule has 0 radical (unpaired) electrons. The van der Waals surface area contributed by atoms with E-state index < -0.39 is 6.10 Å². The molecule has 2 rings (SSSR count). The Kier molecular flexibility index (Phi) is 2.97. The van der Waals surface area contributed by atoms with Gasteiger partial charge in [-0.05, 0) is 25.1 Å². The summed E-state index contributed by atoms with van der Waals surface area (Å²) in [5, 5.41) is 2.68. The van der Waals surface area contributed by atoms with Crippen LogP contribution in [0.4, 0.5) is 5.69 Å². The summed E-state index contributed by atoms with van der Waals surface area (Å²) < 4.78 is 5.38. The second-order valence-corrected chi connectivity index (χ2v) is 3.66. The smallest absolute Gasteiger partial charge is 0.265 e. The minimum atomic E-state index is -0.514. The maximum absolute atomic E-state index is 11.5. The van der Waals surface area contributed by atoms with Gasteiger partial charge in [0.25, 0.3) is 11.8 Å². The Morgan fingerprint density at radius 2 is 2.24 bits per heavy atom. The number of carbonyl (C=O) groups is 2. The summed E-state index contributed by atoms with van der Waals surface area (Å²) in [6.07, 6.45) is -0.514. The van der Waals surface area contributed by atoms with E-state index in [1.807, 2.05) is 0 Å². The highest BCUT2D eigenvalue weighted by atomic mass is 16.5. The van der Waals surface area contributed by atoms with Crippen LogP contribution in [0, 0.1) is 0 Å². The number of ether oxygens (including phenoxy) is 1. The summed E-state index contributed by atoms with van der Waals surface area (Å²) in [4.78, 5) is 23.0. The van der Waals surface area contributed by atoms with Crippen molar-refractivity contribution in [2.75, 3.05) is 12.4 Å². The van der Waals surface area contributed by atoms with Crippen molar-refractivity contribution in [3.8, 4) is 5.75 Å². The standard InChI is InChI=1S/C11H13N3O3/c1-6-10(15)13-8-5-7(11(16)14-12-2)3-4-9(8)17-6/h3-6,12H,1-2H3,(H,13,15)(H,14,16). The van der Waals surface area contributed by atoms with E-state index in [9.17, 15) is 9.59 Å². The number of hydrogen-bond donors (Lipinski definition) is 3. The van der Waals surface area contributed by atoms with Gasteiger partial charge in [0.15, 0.2) is 6.10 Å². The summed E-state index contributed by atoms with van der Waals surface area (Å²) in [5.74, 6) is 0.0740. The predicted octanol–water partition coefficient (Wildman–Crippen LogP) is 0.270. The zero-order valence-electron chi connectivity index (χ0n) is 9.53. The first-order valence-corrected chi connectivity index (χ1v) is 5.20. The molecule has 1 heterocycles. The van der Waals surface area contributed by atoms with Gasteiger partial charge < -0.3 is 10.1 Å². The molecule has 1 unspecified atom stereocenters. The molecule has 1 aliphatic rings. The lowest BCUT2D eigenvalue weighted by Crippen LogP contribution is -2.36. The fraction of sp³-hybridized carbons (Fsp3) is 0.273. The average Bonchev–Trinajstić information content (AvgIpc) is 2.30. The molecule has 17 heavy (non-hydrogen) atoms. The molecule has 3 N–H and O–H groups in total. The van der Waals surface area contributed by atoms with Crippen molar-refractivity contribution in [3.63, 3.8) is 0 Å². The number of anilines is 1. The molecule has 0 spiro atoms. The lowest BCUT2D eigenvalue weighted by Gasteiger charge is -2.23. The molecule has 0 aliphatic carbocycles. The van der Waals surface area contributed by atoms with Gasteiger partial charge >= 0.3 is 0 Å². The number of benzene rings is 1. The first-order valence-electron chi connectivity index (χ1n) is 5.20. The number of hydrogen-bond acceptors (Lipinski definition) is 4. The Morgan fingerprint density at radius 3 is 2.94 bits per heavy atom. The number of nitrogens with one attached hydrogen (secondary N) is 3. The molecule has 0 saturated carbocycles. The second-order valence-electron chi connectivity index (χ2n) is 3.66. The highest BCUT2D eigenvalue weighted by molar-refractivity contribution is 6.00. The van der Waals surface area contributed by atoms with Gasteiger partial charge in [-0.25, -0.2) is 5.43 Å². The molecular formula is C11H13N3O3. The number of hydrazine groups is 1. The van der Waals surface area contributed by atoms with Gasteiger partial charge in [-0.15, -0.1) is 0 Å². The van der Waals surface area contributed by atoms with Crippen molar-refractivity contribution in [1.82, 2.24) is 10.9 Å². The van der Waals surface area contributed by atoms with Crippen molar-refractivity contribution < 1.29 is 14.3 Å². The molecule has 0 saturated heterocycles. The van der Waals surface area contributed by atoms with Crippen LogP contribution in [-0.4, -0.2) is 25.0 Å². The SMILES string of the molecule is CNNC(=O)c1ccc2c(c1)NC(=O)C(C)O2. The van der Waals surface area contributed by atoms with Crippen molar-refractivity contribution in [1.29, 1.82) is 0 Å². The van der Waals surface area contributed by atoms with Gasteiger partial charge in [-0.1, -0.05) is 0 Å². The fourth-order valence-corrected chi connectivity index (χ4v) is 1.54. The van der Waals surface area contributed by atoms with Gasteiger partial charge in [0, 0.05) is 12.6 Å². The van der Waals surface area contributed by atoms with Crippen LogP contribution >= 0.6 is 0 Å². The lowest BCUT2D eigenvalue weighted by atomic mass is 10.1. The third kappa shape index (κ3) is 2.21. The molecule has 0 aromatic heterocycles. The number of carbonyl (C=O) groups excluding carboxylic acids is 2. The van der Waals surface area contributed by atoms with E-state index >= 15 is 0 Å². The largest absolute Gasteiger partial charge is 0.479 e. The van der Waals surface area contributed by atoms with E-state index in [4.69, 9.17) is 4.74 Å². The van der Waals surface area contributed by atoms with Gasteiger partial charge in [-0.2, -0.15) is 0 Å². The molecule has 1 atom stereocenters. The number of rotatable bonds is 2. The quantitative estimate of drug-likeness (QED) is 0.643. The molecule has 6 nitrogen and oxygen atoms in total. The summed E-state index contributed by atoms with van der Waals surface area (Å²) in [7, 11) is 1.60. The normalized spacial score (nSPS) is 17.8. The minimum Gasteiger partial charge on any atom is -0.479 e. The predicted molar refractivity (Wildman–Crippen MR) is 61.7 cm³/mol. The molecule has 1 aromatic rings. The van der Waals surface area contributed by atoms with E-state index in [1.165, 1.54) is 0 Å². The average molecular weight is 235 g/mol. The summed E-state index contributed by atoms with van der Waals surface area (Å²) in [6.45, 7) is 1.67. The zero-order chi connectivity index (χ0) is 12.4. The van der Waals surface area contributed by atoms with Crippen molar-refractivity contribution in [2.24, 2.45) is 0 Å². The molecule has 1 aliphatic heterocycles. The van der Waals surface area contributed by atoms with E-state index in [-0.39, 0.29) is 11.8 Å². The van der Waals surface area contributed by atoms with Crippen molar-refractivity contribution in [3.05, 3.63) is 23.8 Å². The van der Waals surface area contributed by atoms with Crippen LogP contribution < -0.4 is 20.9 Å². The highest BCUT2D eigenvalue weighted by Gasteiger charge is 2.24. The summed E-state index contributed by atoms with van der Waals surface area (Å²) in [5.41, 5.74) is 5.94. The Bertz CT molecular complexity index is 473. The van der Waals surface area contributed by atoms with E-state index in [1.54, 1.807) is 32.2 Å². The Hall–Kier alpha value is -2.08. The summed E-state index contributed by atoms with van der Waals surface area (Å²) in [6, 6.07) is 4.87. The van der Waals surface area contributed by atoms with Crippen LogP contribution in [0.5, 0.6) is 5.75 Å². The molecule has 2 amide bonds. The molecule has 0 fully saturated rings. The van der Waals surface area contributed by atoms with Crippen LogP contribution in [0.1, 0.15) is 17.3 Å². The van der Waals surface area contributed by atoms with Crippen LogP contribution in [0.2, 0.25) is 0 Å². The number of fused-ring (bicyclic) bond motifs is 1. The molecule has 90 valence electrons. The lowest BCUT2D eigenvalue weighted by molar-refractivity contribution is -0.122. The monoisotopic (exact) mass is 235 g/mol. The summed E-state index contributed by atoms with van der Waals surface area (Å²) >= 11 is 0. The topological polar surface area (TPSA) is 79.5 Å². The molecule has 1 aromatic carbocycles. The third-order valence-electron chi connectivity index (χ3n) is 2.41. The van der Waals surface area contributed by atoms with Gasteiger partial charge in [-0.3, -0.25) is 15.0 Å². The van der Waals surface area contributed by atoms with Crippen LogP contribution in [0.25, 0.3) is 0 Å². The van der Waals surface area contributed by atoms with E-state index in [0.717, 1.165) is 0 Å². The Morgan fingerprint density at radius 1 is 1.47 bits per heavy atom. The number of amides is 2. The fourth-order valence-electron chi connectivity index (χ4n) is 1.54. The van der Waals surface area contributed by atoms with E-state index in [0.29, 0.717) is 17.0 Å². The van der Waals surface area contributed by atoms with Crippen molar-refractivity contribution in [2.45, 2.75) is 13.0 Å². The van der Waals surface area contributed by atoms with E-state index in [2.05, 4.69) is 16.2 Å². The Labute approximate surface area is 98.3 Å². The van der Waals surface area contributed by atoms with Gasteiger partial charge in [0.05, 0.1) is 5.69 Å². The maximum Gasteiger partial charge on any atom is 0.265 e. The van der Waals surface area contributed by atoms with Crippen molar-refractivity contribution >= 4 is 17.5 Å². The first kappa shape index (κ1) is 11.4. The van der Waals surface area contributed by atoms with Crippen LogP contribution in [0.15, 0.2) is 18.2 Å². The first-order chi connectivity index (χ1) is 8.11. The highest BCUT2D eigenvalue weighted by Crippen LogP contribution is 2.30. The minimum absolute atomic E-state index is 0.219. The van der Waals surface area contributed by atoms with Gasteiger partial charge in [0.2, 0.25) is 0 Å². The van der Waals surface area contributed by atoms with Crippen LogP contribution in [0.3, 0.4) is 0 Å². The molecule has 0 bridgehead atoms. The maximum atomic E-state index is 11.5. The third-order valence-corrected chi connectivity index (χ3v) is 2.41. The molecule has 6 heteroatoms. The zero-order valence-corrected chi connectivity index (χ0v) is 9.53. The van der Waals surface area contributed by atoms with Crippen LogP contribution in [-0.2, 0) is 4.79 Å².